The molecule has 0 aliphatic heterocycles. The molecule has 6 N–H and O–H groups in total. The normalized spacial score (nSPS) is 15.5. The Kier molecular flexibility index (Phi) is 3.49. The number of aliphatic carboxylic acids is 1. The molecular formula is C5H10N2O4. The first-order valence-corrected chi connectivity index (χ1v) is 2.91. The summed E-state index contributed by atoms with van der Waals surface area (Å²) < 4.78 is 0. The van der Waals surface area contributed by atoms with Crippen LogP contribution in [0.4, 0.5) is 0 Å². The number of aliphatic hydroxyl groups excluding tert-OH is 1. The average Bonchev–Trinajstić information content (AvgIpc) is 1.87. The summed E-state index contributed by atoms with van der Waals surface area (Å²) in [6, 6.07) is -1.25. The van der Waals surface area contributed by atoms with E-state index in [1.54, 1.807) is 0 Å². The molecule has 2 unspecified atom stereocenters. The number of aliphatic hydroxyl groups is 1. The van der Waals surface area contributed by atoms with Gasteiger partial charge in [0.2, 0.25) is 5.91 Å². The molecule has 0 aromatic heterocycles. The Bertz CT molecular complexity index is 152. The number of carbonyl (C=O) groups excluding carboxylic acids is 1. The van der Waals surface area contributed by atoms with Crippen molar-refractivity contribution in [1.29, 1.82) is 0 Å². The van der Waals surface area contributed by atoms with Crippen molar-refractivity contribution in [3.8, 4) is 0 Å². The molecule has 6 heteroatoms. The number of nitrogens with two attached hydrogens (primary N) is 2. The second-order valence-electron chi connectivity index (χ2n) is 2.10. The molecule has 0 aliphatic carbocycles. The van der Waals surface area contributed by atoms with Crippen LogP contribution in [-0.2, 0) is 9.59 Å². The van der Waals surface area contributed by atoms with Crippen molar-refractivity contribution in [2.24, 2.45) is 11.5 Å². The summed E-state index contributed by atoms with van der Waals surface area (Å²) in [5, 5.41) is 17.0. The van der Waals surface area contributed by atoms with Crippen molar-refractivity contribution in [3.63, 3.8) is 0 Å². The van der Waals surface area contributed by atoms with E-state index in [-0.39, 0.29) is 6.42 Å². The average molecular weight is 162 g/mol. The van der Waals surface area contributed by atoms with Crippen LogP contribution in [0.1, 0.15) is 6.42 Å². The predicted molar refractivity (Wildman–Crippen MR) is 35.4 cm³/mol. The molecule has 0 heterocycles. The Morgan fingerprint density at radius 3 is 2.18 bits per heavy atom. The standard InChI is InChI=1S/C5H10N2O4/c6-2(5(10)11)1-3(8)4(7)9/h2-3,8H,1,6H2,(H2,7,9)(H,10,11). The van der Waals surface area contributed by atoms with Crippen LogP contribution in [0, 0.1) is 0 Å². The highest BCUT2D eigenvalue weighted by Crippen LogP contribution is 1.94. The van der Waals surface area contributed by atoms with Crippen LogP contribution >= 0.6 is 0 Å². The SMILES string of the molecule is NC(=O)C(O)CC(N)C(=O)O. The largest absolute Gasteiger partial charge is 0.480 e. The third-order valence-corrected chi connectivity index (χ3v) is 1.12. The third-order valence-electron chi connectivity index (χ3n) is 1.12. The minimum absolute atomic E-state index is 0.356. The van der Waals surface area contributed by atoms with Crippen molar-refractivity contribution < 1.29 is 19.8 Å². The fraction of sp³-hybridized carbons (Fsp3) is 0.600. The Balaban J connectivity index is 3.84. The van der Waals surface area contributed by atoms with Crippen LogP contribution in [0.15, 0.2) is 0 Å². The maximum absolute atomic E-state index is 10.2. The van der Waals surface area contributed by atoms with Crippen molar-refractivity contribution in [1.82, 2.24) is 0 Å². The van der Waals surface area contributed by atoms with Crippen molar-refractivity contribution in [2.75, 3.05) is 0 Å². The van der Waals surface area contributed by atoms with Crippen LogP contribution in [0.3, 0.4) is 0 Å². The van der Waals surface area contributed by atoms with Gasteiger partial charge in [-0.2, -0.15) is 0 Å². The zero-order valence-electron chi connectivity index (χ0n) is 5.73. The lowest BCUT2D eigenvalue weighted by Gasteiger charge is -2.08. The van der Waals surface area contributed by atoms with Crippen LogP contribution < -0.4 is 11.5 Å². The molecule has 0 rings (SSSR count). The van der Waals surface area contributed by atoms with Gasteiger partial charge < -0.3 is 21.7 Å². The Morgan fingerprint density at radius 1 is 1.45 bits per heavy atom. The summed E-state index contributed by atoms with van der Waals surface area (Å²) >= 11 is 0. The fourth-order valence-corrected chi connectivity index (χ4v) is 0.458. The number of hydrogen-bond donors (Lipinski definition) is 4. The number of amides is 1. The minimum Gasteiger partial charge on any atom is -0.480 e. The smallest absolute Gasteiger partial charge is 0.320 e. The minimum atomic E-state index is -1.49. The van der Waals surface area contributed by atoms with E-state index < -0.39 is 24.0 Å². The van der Waals surface area contributed by atoms with Gasteiger partial charge in [0.25, 0.3) is 0 Å². The van der Waals surface area contributed by atoms with E-state index in [0.717, 1.165) is 0 Å². The first-order valence-electron chi connectivity index (χ1n) is 2.91. The molecule has 0 aromatic carbocycles. The van der Waals surface area contributed by atoms with Gasteiger partial charge in [-0.25, -0.2) is 0 Å². The number of carboxylic acids is 1. The van der Waals surface area contributed by atoms with E-state index in [1.807, 2.05) is 0 Å². The van der Waals surface area contributed by atoms with Crippen LogP contribution in [0.5, 0.6) is 0 Å². The molecule has 0 saturated heterocycles. The summed E-state index contributed by atoms with van der Waals surface area (Å²) in [7, 11) is 0. The first kappa shape index (κ1) is 9.86. The number of primary amides is 1. The maximum atomic E-state index is 10.2. The molecule has 0 fully saturated rings. The third kappa shape index (κ3) is 3.54. The van der Waals surface area contributed by atoms with Crippen LogP contribution in [-0.4, -0.2) is 34.2 Å². The van der Waals surface area contributed by atoms with E-state index >= 15 is 0 Å². The quantitative estimate of drug-likeness (QED) is 0.367. The molecule has 0 aromatic rings. The second kappa shape index (κ2) is 3.89. The monoisotopic (exact) mass is 162 g/mol. The molecule has 64 valence electrons. The van der Waals surface area contributed by atoms with Gasteiger partial charge in [0.1, 0.15) is 12.1 Å². The summed E-state index contributed by atoms with van der Waals surface area (Å²) in [6.45, 7) is 0. The molecule has 0 spiro atoms. The van der Waals surface area contributed by atoms with Crippen molar-refractivity contribution in [2.45, 2.75) is 18.6 Å². The van der Waals surface area contributed by atoms with Gasteiger partial charge in [-0.15, -0.1) is 0 Å². The van der Waals surface area contributed by atoms with Gasteiger partial charge in [-0.1, -0.05) is 0 Å². The van der Waals surface area contributed by atoms with E-state index in [2.05, 4.69) is 5.73 Å². The Labute approximate surface area is 62.8 Å². The molecule has 0 saturated carbocycles. The van der Waals surface area contributed by atoms with Crippen molar-refractivity contribution in [3.05, 3.63) is 0 Å². The highest BCUT2D eigenvalue weighted by molar-refractivity contribution is 5.80. The zero-order valence-corrected chi connectivity index (χ0v) is 5.73. The second-order valence-corrected chi connectivity index (χ2v) is 2.10. The number of carboxylic acid groups (broad SMARTS) is 1. The molecule has 6 nitrogen and oxygen atoms in total. The van der Waals surface area contributed by atoms with Gasteiger partial charge in [-0.05, 0) is 0 Å². The molecule has 2 atom stereocenters. The molecule has 1 amide bonds. The highest BCUT2D eigenvalue weighted by Gasteiger charge is 2.19. The Hall–Kier alpha value is -1.14. The number of rotatable bonds is 4. The van der Waals surface area contributed by atoms with E-state index in [4.69, 9.17) is 15.9 Å². The molecule has 0 bridgehead atoms. The lowest BCUT2D eigenvalue weighted by Crippen LogP contribution is -2.39. The molecular weight excluding hydrogens is 152 g/mol. The maximum Gasteiger partial charge on any atom is 0.320 e. The van der Waals surface area contributed by atoms with Gasteiger partial charge >= 0.3 is 5.97 Å². The van der Waals surface area contributed by atoms with Crippen LogP contribution in [0.25, 0.3) is 0 Å². The topological polar surface area (TPSA) is 127 Å². The van der Waals surface area contributed by atoms with Gasteiger partial charge in [0, 0.05) is 6.42 Å². The summed E-state index contributed by atoms with van der Waals surface area (Å²) in [6.07, 6.45) is -1.84. The summed E-state index contributed by atoms with van der Waals surface area (Å²) in [4.78, 5) is 20.3. The van der Waals surface area contributed by atoms with E-state index in [9.17, 15) is 9.59 Å². The zero-order chi connectivity index (χ0) is 9.02. The first-order chi connectivity index (χ1) is 4.95. The molecule has 11 heavy (non-hydrogen) atoms. The fourth-order valence-electron chi connectivity index (χ4n) is 0.458. The highest BCUT2D eigenvalue weighted by atomic mass is 16.4. The lowest BCUT2D eigenvalue weighted by molar-refractivity contribution is -0.139. The Morgan fingerprint density at radius 2 is 1.91 bits per heavy atom. The number of hydrogen-bond acceptors (Lipinski definition) is 4. The van der Waals surface area contributed by atoms with Gasteiger partial charge in [0.15, 0.2) is 0 Å². The van der Waals surface area contributed by atoms with Gasteiger partial charge in [0.05, 0.1) is 0 Å². The molecule has 0 radical (unpaired) electrons. The van der Waals surface area contributed by atoms with Gasteiger partial charge in [-0.3, -0.25) is 9.59 Å². The molecule has 0 aliphatic rings. The van der Waals surface area contributed by atoms with Crippen LogP contribution in [0.2, 0.25) is 0 Å². The van der Waals surface area contributed by atoms with E-state index in [0.29, 0.717) is 0 Å². The predicted octanol–water partition coefficient (Wildman–Crippen LogP) is -2.37. The summed E-state index contributed by atoms with van der Waals surface area (Å²) in [5.41, 5.74) is 9.63. The van der Waals surface area contributed by atoms with Crippen molar-refractivity contribution >= 4 is 11.9 Å². The summed E-state index contributed by atoms with van der Waals surface area (Å²) in [5.74, 6) is -2.24. The lowest BCUT2D eigenvalue weighted by atomic mass is 10.1. The number of carbonyl (C=O) groups is 2. The van der Waals surface area contributed by atoms with E-state index in [1.165, 1.54) is 0 Å².